The Hall–Kier alpha value is -0.480. The van der Waals surface area contributed by atoms with Crippen molar-refractivity contribution in [2.24, 2.45) is 5.92 Å². The molecule has 0 unspecified atom stereocenters. The molecule has 0 atom stereocenters. The second kappa shape index (κ2) is 3.72. The lowest BCUT2D eigenvalue weighted by atomic mass is 10.1. The molecule has 1 aliphatic heterocycles. The topological polar surface area (TPSA) is 37.8 Å². The molecule has 0 aromatic carbocycles. The molecule has 0 radical (unpaired) electrons. The first-order chi connectivity index (χ1) is 6.25. The summed E-state index contributed by atoms with van der Waals surface area (Å²) in [6, 6.07) is 0. The van der Waals surface area contributed by atoms with Crippen molar-refractivity contribution >= 4 is 11.3 Å². The maximum atomic E-state index is 4.22. The molecule has 1 N–H and O–H groups in total. The number of hydrogen-bond acceptors (Lipinski definition) is 4. The van der Waals surface area contributed by atoms with Crippen LogP contribution < -0.4 is 5.32 Å². The van der Waals surface area contributed by atoms with Crippen LogP contribution in [0, 0.1) is 5.92 Å². The Balaban J connectivity index is 2.00. The molecule has 0 bridgehead atoms. The van der Waals surface area contributed by atoms with Gasteiger partial charge < -0.3 is 5.32 Å². The van der Waals surface area contributed by atoms with Gasteiger partial charge in [0.2, 0.25) is 0 Å². The molecule has 3 nitrogen and oxygen atoms in total. The fourth-order valence-electron chi connectivity index (χ4n) is 1.33. The second-order valence-corrected chi connectivity index (χ2v) is 5.08. The molecule has 1 aromatic heterocycles. The summed E-state index contributed by atoms with van der Waals surface area (Å²) in [5.74, 6) is 1.32. The molecule has 1 aromatic rings. The molecular formula is C9H15N3S. The third kappa shape index (κ3) is 2.06. The van der Waals surface area contributed by atoms with Crippen LogP contribution in [0.15, 0.2) is 0 Å². The van der Waals surface area contributed by atoms with Gasteiger partial charge in [-0.15, -0.1) is 21.5 Å². The molecule has 2 rings (SSSR count). The summed E-state index contributed by atoms with van der Waals surface area (Å²) in [5.41, 5.74) is 0. The van der Waals surface area contributed by atoms with Gasteiger partial charge in [0.25, 0.3) is 0 Å². The highest BCUT2D eigenvalue weighted by molar-refractivity contribution is 7.11. The van der Waals surface area contributed by atoms with Crippen molar-refractivity contribution in [2.45, 2.75) is 26.2 Å². The van der Waals surface area contributed by atoms with Crippen LogP contribution in [-0.4, -0.2) is 23.3 Å². The summed E-state index contributed by atoms with van der Waals surface area (Å²) < 4.78 is 0. The summed E-state index contributed by atoms with van der Waals surface area (Å²) in [7, 11) is 0. The van der Waals surface area contributed by atoms with Crippen molar-refractivity contribution in [3.63, 3.8) is 0 Å². The Morgan fingerprint density at radius 3 is 2.77 bits per heavy atom. The number of nitrogens with one attached hydrogen (secondary N) is 1. The van der Waals surface area contributed by atoms with E-state index in [4.69, 9.17) is 0 Å². The van der Waals surface area contributed by atoms with Crippen molar-refractivity contribution in [3.8, 4) is 0 Å². The maximum absolute atomic E-state index is 4.22. The summed E-state index contributed by atoms with van der Waals surface area (Å²) >= 11 is 1.78. The van der Waals surface area contributed by atoms with Crippen LogP contribution in [0.2, 0.25) is 0 Å². The van der Waals surface area contributed by atoms with E-state index in [9.17, 15) is 0 Å². The normalized spacial score (nSPS) is 17.8. The van der Waals surface area contributed by atoms with Crippen molar-refractivity contribution in [1.82, 2.24) is 15.5 Å². The average Bonchev–Trinajstić information content (AvgIpc) is 2.31. The molecule has 13 heavy (non-hydrogen) atoms. The summed E-state index contributed by atoms with van der Waals surface area (Å²) in [6.45, 7) is 6.59. The third-order valence-corrected chi connectivity index (χ3v) is 3.30. The first-order valence-electron chi connectivity index (χ1n) is 4.78. The van der Waals surface area contributed by atoms with E-state index in [-0.39, 0.29) is 0 Å². The van der Waals surface area contributed by atoms with Crippen LogP contribution in [0.5, 0.6) is 0 Å². The zero-order chi connectivity index (χ0) is 9.26. The van der Waals surface area contributed by atoms with Gasteiger partial charge in [-0.25, -0.2) is 0 Å². The Morgan fingerprint density at radius 2 is 2.23 bits per heavy atom. The number of hydrogen-bond donors (Lipinski definition) is 1. The van der Waals surface area contributed by atoms with Crippen molar-refractivity contribution in [2.75, 3.05) is 13.1 Å². The fourth-order valence-corrected chi connectivity index (χ4v) is 2.48. The molecule has 1 fully saturated rings. The van der Waals surface area contributed by atoms with E-state index < -0.39 is 0 Å². The van der Waals surface area contributed by atoms with Crippen LogP contribution in [-0.2, 0) is 6.42 Å². The quantitative estimate of drug-likeness (QED) is 0.796. The summed E-state index contributed by atoms with van der Waals surface area (Å²) in [4.78, 5) is 0. The van der Waals surface area contributed by atoms with E-state index in [1.807, 2.05) is 0 Å². The minimum Gasteiger partial charge on any atom is -0.315 e. The van der Waals surface area contributed by atoms with Crippen LogP contribution >= 0.6 is 11.3 Å². The number of rotatable bonds is 3. The van der Waals surface area contributed by atoms with E-state index in [1.165, 1.54) is 10.0 Å². The van der Waals surface area contributed by atoms with Gasteiger partial charge in [0.1, 0.15) is 10.0 Å². The van der Waals surface area contributed by atoms with Crippen molar-refractivity contribution in [1.29, 1.82) is 0 Å². The maximum Gasteiger partial charge on any atom is 0.123 e. The molecule has 0 amide bonds. The average molecular weight is 197 g/mol. The number of aromatic nitrogens is 2. The Labute approximate surface area is 82.6 Å². The van der Waals surface area contributed by atoms with Crippen LogP contribution in [0.3, 0.4) is 0 Å². The highest BCUT2D eigenvalue weighted by atomic mass is 32.1. The van der Waals surface area contributed by atoms with Crippen molar-refractivity contribution in [3.05, 3.63) is 10.0 Å². The fraction of sp³-hybridized carbons (Fsp3) is 0.778. The molecular weight excluding hydrogens is 182 g/mol. The lowest BCUT2D eigenvalue weighted by Crippen LogP contribution is -2.39. The predicted molar refractivity (Wildman–Crippen MR) is 54.1 cm³/mol. The van der Waals surface area contributed by atoms with Gasteiger partial charge in [-0.05, 0) is 5.92 Å². The minimum absolute atomic E-state index is 0.637. The van der Waals surface area contributed by atoms with Crippen molar-refractivity contribution < 1.29 is 0 Å². The monoisotopic (exact) mass is 197 g/mol. The number of nitrogens with zero attached hydrogens (tertiary/aromatic N) is 2. The summed E-state index contributed by atoms with van der Waals surface area (Å²) in [5, 5.41) is 14.1. The van der Waals surface area contributed by atoms with Gasteiger partial charge in [0.05, 0.1) is 0 Å². The zero-order valence-corrected chi connectivity index (χ0v) is 8.90. The molecule has 0 aliphatic carbocycles. The first kappa shape index (κ1) is 9.09. The van der Waals surface area contributed by atoms with Crippen LogP contribution in [0.4, 0.5) is 0 Å². The molecule has 0 spiro atoms. The lowest BCUT2D eigenvalue weighted by Gasteiger charge is -2.24. The van der Waals surface area contributed by atoms with E-state index in [2.05, 4.69) is 29.4 Å². The zero-order valence-electron chi connectivity index (χ0n) is 8.08. The predicted octanol–water partition coefficient (Wildman–Crippen LogP) is 1.42. The van der Waals surface area contributed by atoms with Crippen LogP contribution in [0.25, 0.3) is 0 Å². The Kier molecular flexibility index (Phi) is 2.60. The molecule has 0 saturated carbocycles. The molecule has 2 heterocycles. The Bertz CT molecular complexity index is 278. The van der Waals surface area contributed by atoms with Gasteiger partial charge in [-0.1, -0.05) is 13.8 Å². The second-order valence-electron chi connectivity index (χ2n) is 3.99. The molecule has 1 aliphatic rings. The molecule has 1 saturated heterocycles. The van der Waals surface area contributed by atoms with Gasteiger partial charge >= 0.3 is 0 Å². The SMILES string of the molecule is CC(C)Cc1nnc(C2CNC2)s1. The lowest BCUT2D eigenvalue weighted by molar-refractivity contribution is 0.444. The van der Waals surface area contributed by atoms with E-state index in [1.54, 1.807) is 11.3 Å². The van der Waals surface area contributed by atoms with Crippen LogP contribution in [0.1, 0.15) is 29.8 Å². The van der Waals surface area contributed by atoms with Gasteiger partial charge in [-0.3, -0.25) is 0 Å². The highest BCUT2D eigenvalue weighted by Crippen LogP contribution is 2.24. The smallest absolute Gasteiger partial charge is 0.123 e. The standard InChI is InChI=1S/C9H15N3S/c1-6(2)3-8-11-12-9(13-8)7-4-10-5-7/h6-7,10H,3-5H2,1-2H3. The Morgan fingerprint density at radius 1 is 1.46 bits per heavy atom. The largest absolute Gasteiger partial charge is 0.315 e. The van der Waals surface area contributed by atoms with E-state index in [0.717, 1.165) is 19.5 Å². The molecule has 72 valence electrons. The first-order valence-corrected chi connectivity index (χ1v) is 5.60. The molecule has 4 heteroatoms. The summed E-state index contributed by atoms with van der Waals surface area (Å²) in [6.07, 6.45) is 1.07. The van der Waals surface area contributed by atoms with Gasteiger partial charge in [0.15, 0.2) is 0 Å². The highest BCUT2D eigenvalue weighted by Gasteiger charge is 2.22. The van der Waals surface area contributed by atoms with E-state index in [0.29, 0.717) is 11.8 Å². The van der Waals surface area contributed by atoms with Gasteiger partial charge in [0, 0.05) is 25.4 Å². The minimum atomic E-state index is 0.637. The van der Waals surface area contributed by atoms with Gasteiger partial charge in [-0.2, -0.15) is 0 Å². The third-order valence-electron chi connectivity index (χ3n) is 2.20. The van der Waals surface area contributed by atoms with E-state index >= 15 is 0 Å².